The summed E-state index contributed by atoms with van der Waals surface area (Å²) in [5.41, 5.74) is 5.48. The van der Waals surface area contributed by atoms with Crippen LogP contribution < -0.4 is 10.2 Å². The molecule has 0 saturated carbocycles. The van der Waals surface area contributed by atoms with E-state index in [0.29, 0.717) is 6.54 Å². The summed E-state index contributed by atoms with van der Waals surface area (Å²) in [7, 11) is 2.00. The maximum absolute atomic E-state index is 12.0. The number of rotatable bonds is 5. The fourth-order valence-corrected chi connectivity index (χ4v) is 2.41. The summed E-state index contributed by atoms with van der Waals surface area (Å²) < 4.78 is 0. The third-order valence-electron chi connectivity index (χ3n) is 3.01. The molecule has 0 aliphatic carbocycles. The van der Waals surface area contributed by atoms with Gasteiger partial charge in [0.05, 0.1) is 13.6 Å². The van der Waals surface area contributed by atoms with Gasteiger partial charge in [0, 0.05) is 5.69 Å². The average molecular weight is 261 g/mol. The van der Waals surface area contributed by atoms with Crippen molar-refractivity contribution in [1.29, 1.82) is 0 Å². The first kappa shape index (κ1) is 15.4. The van der Waals surface area contributed by atoms with Crippen LogP contribution in [-0.2, 0) is 4.79 Å². The number of hydrogen-bond acceptors (Lipinski definition) is 1. The second-order valence-corrected chi connectivity index (χ2v) is 5.59. The van der Waals surface area contributed by atoms with E-state index in [2.05, 4.69) is 31.0 Å². The van der Waals surface area contributed by atoms with Crippen LogP contribution >= 0.6 is 0 Å². The lowest BCUT2D eigenvalue weighted by Gasteiger charge is -2.16. The Morgan fingerprint density at radius 1 is 1.21 bits per heavy atom. The van der Waals surface area contributed by atoms with Crippen LogP contribution in [0.3, 0.4) is 0 Å². The molecule has 1 unspecified atom stereocenters. The van der Waals surface area contributed by atoms with Crippen molar-refractivity contribution in [2.75, 3.05) is 25.5 Å². The van der Waals surface area contributed by atoms with Crippen LogP contribution in [0.4, 0.5) is 5.69 Å². The van der Waals surface area contributed by atoms with Gasteiger partial charge in [0.1, 0.15) is 0 Å². The first-order chi connectivity index (χ1) is 8.79. The zero-order valence-electron chi connectivity index (χ0n) is 12.7. The van der Waals surface area contributed by atoms with Crippen LogP contribution in [0.2, 0.25) is 0 Å². The smallest absolute Gasteiger partial charge is 0.279 e. The molecule has 3 heteroatoms. The number of quaternary nitrogens is 1. The number of nitrogens with one attached hydrogen (secondary N) is 2. The molecule has 0 spiro atoms. The topological polar surface area (TPSA) is 33.5 Å². The molecule has 19 heavy (non-hydrogen) atoms. The molecule has 3 nitrogen and oxygen atoms in total. The van der Waals surface area contributed by atoms with Crippen molar-refractivity contribution < 1.29 is 9.69 Å². The van der Waals surface area contributed by atoms with E-state index in [4.69, 9.17) is 0 Å². The summed E-state index contributed by atoms with van der Waals surface area (Å²) in [6.45, 7) is 13.3. The molecule has 0 radical (unpaired) electrons. The first-order valence-corrected chi connectivity index (χ1v) is 6.63. The largest absolute Gasteiger partial charge is 0.326 e. The van der Waals surface area contributed by atoms with E-state index in [-0.39, 0.29) is 5.91 Å². The molecule has 0 aliphatic rings. The maximum atomic E-state index is 12.0. The van der Waals surface area contributed by atoms with Crippen molar-refractivity contribution in [2.45, 2.75) is 27.7 Å². The van der Waals surface area contributed by atoms with E-state index in [0.717, 1.165) is 33.8 Å². The number of aryl methyl sites for hydroxylation is 3. The number of benzene rings is 1. The van der Waals surface area contributed by atoms with Gasteiger partial charge in [-0.1, -0.05) is 24.3 Å². The molecule has 0 aromatic heterocycles. The van der Waals surface area contributed by atoms with Crippen molar-refractivity contribution in [3.05, 3.63) is 41.0 Å². The Morgan fingerprint density at radius 3 is 2.21 bits per heavy atom. The van der Waals surface area contributed by atoms with Crippen molar-refractivity contribution in [2.24, 2.45) is 0 Å². The number of likely N-dealkylation sites (N-methyl/N-ethyl adjacent to an activating group) is 1. The van der Waals surface area contributed by atoms with Gasteiger partial charge < -0.3 is 10.2 Å². The van der Waals surface area contributed by atoms with Crippen LogP contribution in [0.15, 0.2) is 24.3 Å². The van der Waals surface area contributed by atoms with E-state index < -0.39 is 0 Å². The lowest BCUT2D eigenvalue weighted by molar-refractivity contribution is -0.865. The predicted octanol–water partition coefficient (Wildman–Crippen LogP) is 1.64. The van der Waals surface area contributed by atoms with E-state index in [1.54, 1.807) is 0 Å². The first-order valence-electron chi connectivity index (χ1n) is 6.63. The van der Waals surface area contributed by atoms with Crippen molar-refractivity contribution in [1.82, 2.24) is 0 Å². The van der Waals surface area contributed by atoms with Crippen LogP contribution in [0.1, 0.15) is 23.6 Å². The highest BCUT2D eigenvalue weighted by Crippen LogP contribution is 2.21. The lowest BCUT2D eigenvalue weighted by atomic mass is 10.1. The molecule has 1 aromatic rings. The zero-order valence-corrected chi connectivity index (χ0v) is 12.7. The Hall–Kier alpha value is -1.61. The predicted molar refractivity (Wildman–Crippen MR) is 80.7 cm³/mol. The fraction of sp³-hybridized carbons (Fsp3) is 0.438. The lowest BCUT2D eigenvalue weighted by Crippen LogP contribution is -3.10. The number of anilines is 1. The summed E-state index contributed by atoms with van der Waals surface area (Å²) in [6.07, 6.45) is 0. The molecule has 1 amide bonds. The number of hydrogen-bond donors (Lipinski definition) is 2. The van der Waals surface area contributed by atoms with Gasteiger partial charge in [-0.05, 0) is 44.4 Å². The normalized spacial score (nSPS) is 12.1. The Kier molecular flexibility index (Phi) is 5.31. The molecule has 0 heterocycles. The standard InChI is InChI=1S/C16H24N2O/c1-11(2)9-18(6)10-15(19)17-16-13(4)7-12(3)8-14(16)5/h7-8H,1,9-10H2,2-6H3,(H,17,19)/p+1. The highest BCUT2D eigenvalue weighted by atomic mass is 16.2. The minimum absolute atomic E-state index is 0.0498. The van der Waals surface area contributed by atoms with Crippen LogP contribution in [-0.4, -0.2) is 26.0 Å². The number of carbonyl (C=O) groups is 1. The Bertz CT molecular complexity index is 469. The number of amides is 1. The van der Waals surface area contributed by atoms with Gasteiger partial charge in [-0.3, -0.25) is 4.79 Å². The third-order valence-corrected chi connectivity index (χ3v) is 3.01. The molecule has 1 aromatic carbocycles. The monoisotopic (exact) mass is 261 g/mol. The number of carbonyl (C=O) groups excluding carboxylic acids is 1. The molecule has 0 bridgehead atoms. The molecule has 0 fully saturated rings. The highest BCUT2D eigenvalue weighted by Gasteiger charge is 2.12. The van der Waals surface area contributed by atoms with Gasteiger partial charge in [-0.25, -0.2) is 0 Å². The zero-order chi connectivity index (χ0) is 14.6. The van der Waals surface area contributed by atoms with E-state index in [1.807, 2.05) is 27.8 Å². The van der Waals surface area contributed by atoms with Crippen molar-refractivity contribution in [3.63, 3.8) is 0 Å². The molecular weight excluding hydrogens is 236 g/mol. The van der Waals surface area contributed by atoms with Gasteiger partial charge >= 0.3 is 0 Å². The van der Waals surface area contributed by atoms with E-state index >= 15 is 0 Å². The fourth-order valence-electron chi connectivity index (χ4n) is 2.41. The second kappa shape index (κ2) is 6.53. The van der Waals surface area contributed by atoms with E-state index in [9.17, 15) is 4.79 Å². The minimum Gasteiger partial charge on any atom is -0.326 e. The quantitative estimate of drug-likeness (QED) is 0.776. The Morgan fingerprint density at radius 2 is 1.74 bits per heavy atom. The molecule has 2 N–H and O–H groups in total. The molecule has 0 aliphatic heterocycles. The summed E-state index contributed by atoms with van der Waals surface area (Å²) in [5, 5.41) is 3.02. The van der Waals surface area contributed by atoms with Gasteiger partial charge in [0.2, 0.25) is 0 Å². The van der Waals surface area contributed by atoms with Crippen molar-refractivity contribution >= 4 is 11.6 Å². The highest BCUT2D eigenvalue weighted by molar-refractivity contribution is 5.93. The Labute approximate surface area is 116 Å². The Balaban J connectivity index is 2.70. The van der Waals surface area contributed by atoms with E-state index in [1.165, 1.54) is 5.56 Å². The SMILES string of the molecule is C=C(C)C[NH+](C)CC(=O)Nc1c(C)cc(C)cc1C. The van der Waals surface area contributed by atoms with Gasteiger partial charge in [0.25, 0.3) is 5.91 Å². The summed E-state index contributed by atoms with van der Waals surface area (Å²) in [5.74, 6) is 0.0498. The third kappa shape index (κ3) is 4.87. The second-order valence-electron chi connectivity index (χ2n) is 5.59. The molecule has 1 atom stereocenters. The average Bonchev–Trinajstić information content (AvgIpc) is 2.21. The summed E-state index contributed by atoms with van der Waals surface area (Å²) >= 11 is 0. The summed E-state index contributed by atoms with van der Waals surface area (Å²) in [6, 6.07) is 4.18. The van der Waals surface area contributed by atoms with Crippen LogP contribution in [0.25, 0.3) is 0 Å². The molecular formula is C16H25N2O+. The molecule has 1 rings (SSSR count). The minimum atomic E-state index is 0.0498. The van der Waals surface area contributed by atoms with Crippen LogP contribution in [0.5, 0.6) is 0 Å². The van der Waals surface area contributed by atoms with Gasteiger partial charge in [0.15, 0.2) is 6.54 Å². The maximum Gasteiger partial charge on any atom is 0.279 e. The summed E-state index contributed by atoms with van der Waals surface area (Å²) in [4.78, 5) is 13.2. The van der Waals surface area contributed by atoms with Crippen molar-refractivity contribution in [3.8, 4) is 0 Å². The van der Waals surface area contributed by atoms with Crippen LogP contribution in [0, 0.1) is 20.8 Å². The molecule has 0 saturated heterocycles. The van der Waals surface area contributed by atoms with Gasteiger partial charge in [-0.15, -0.1) is 0 Å². The molecule has 104 valence electrons. The van der Waals surface area contributed by atoms with Gasteiger partial charge in [-0.2, -0.15) is 0 Å².